The van der Waals surface area contributed by atoms with Crippen molar-refractivity contribution in [2.24, 2.45) is 5.92 Å². The van der Waals surface area contributed by atoms with Gasteiger partial charge in [-0.2, -0.15) is 0 Å². The quantitative estimate of drug-likeness (QED) is 0.719. The average Bonchev–Trinajstić information content (AvgIpc) is 2.24. The summed E-state index contributed by atoms with van der Waals surface area (Å²) >= 11 is 0. The van der Waals surface area contributed by atoms with E-state index in [-0.39, 0.29) is 6.03 Å². The highest BCUT2D eigenvalue weighted by Crippen LogP contribution is 2.02. The van der Waals surface area contributed by atoms with Crippen LogP contribution in [-0.4, -0.2) is 41.6 Å². The Balaban J connectivity index is 4.15. The molecule has 0 bridgehead atoms. The Labute approximate surface area is 103 Å². The number of carboxylic acids is 1. The summed E-state index contributed by atoms with van der Waals surface area (Å²) < 4.78 is 0. The largest absolute Gasteiger partial charge is 0.480 e. The molecule has 0 saturated carbocycles. The average molecular weight is 244 g/mol. The smallest absolute Gasteiger partial charge is 0.326 e. The van der Waals surface area contributed by atoms with Crippen LogP contribution in [0, 0.1) is 5.92 Å². The molecular formula is C12H24N2O3. The summed E-state index contributed by atoms with van der Waals surface area (Å²) in [6.45, 7) is 6.71. The van der Waals surface area contributed by atoms with Crippen LogP contribution in [0.5, 0.6) is 0 Å². The first-order valence-corrected chi connectivity index (χ1v) is 6.12. The highest BCUT2D eigenvalue weighted by molar-refractivity contribution is 5.82. The SMILES string of the molecule is CCC[C@H](NC(=O)N(C)CCC(C)C)C(=O)O. The van der Waals surface area contributed by atoms with E-state index in [0.29, 0.717) is 18.9 Å². The third-order valence-corrected chi connectivity index (χ3v) is 2.56. The molecule has 100 valence electrons. The molecule has 17 heavy (non-hydrogen) atoms. The van der Waals surface area contributed by atoms with Crippen molar-refractivity contribution in [3.63, 3.8) is 0 Å². The van der Waals surface area contributed by atoms with Gasteiger partial charge in [-0.25, -0.2) is 9.59 Å². The van der Waals surface area contributed by atoms with Crippen LogP contribution in [-0.2, 0) is 4.79 Å². The lowest BCUT2D eigenvalue weighted by Gasteiger charge is -2.21. The van der Waals surface area contributed by atoms with E-state index in [1.807, 2.05) is 6.92 Å². The molecule has 0 fully saturated rings. The molecule has 0 aliphatic carbocycles. The molecule has 0 heterocycles. The van der Waals surface area contributed by atoms with E-state index in [2.05, 4.69) is 19.2 Å². The number of carbonyl (C=O) groups is 2. The van der Waals surface area contributed by atoms with Crippen molar-refractivity contribution >= 4 is 12.0 Å². The summed E-state index contributed by atoms with van der Waals surface area (Å²) in [6, 6.07) is -1.10. The number of urea groups is 1. The van der Waals surface area contributed by atoms with Crippen LogP contribution in [0.25, 0.3) is 0 Å². The Hall–Kier alpha value is -1.26. The van der Waals surface area contributed by atoms with Gasteiger partial charge in [0, 0.05) is 13.6 Å². The minimum atomic E-state index is -0.975. The van der Waals surface area contributed by atoms with Crippen LogP contribution in [0.4, 0.5) is 4.79 Å². The molecule has 0 aromatic carbocycles. The molecule has 0 rings (SSSR count). The highest BCUT2D eigenvalue weighted by atomic mass is 16.4. The monoisotopic (exact) mass is 244 g/mol. The van der Waals surface area contributed by atoms with Crippen molar-refractivity contribution in [1.82, 2.24) is 10.2 Å². The molecule has 0 aliphatic rings. The zero-order valence-corrected chi connectivity index (χ0v) is 11.2. The minimum Gasteiger partial charge on any atom is -0.480 e. The first-order chi connectivity index (χ1) is 7.88. The fourth-order valence-corrected chi connectivity index (χ4v) is 1.36. The lowest BCUT2D eigenvalue weighted by Crippen LogP contribution is -2.46. The maximum atomic E-state index is 11.7. The summed E-state index contributed by atoms with van der Waals surface area (Å²) in [4.78, 5) is 24.1. The first kappa shape index (κ1) is 15.7. The van der Waals surface area contributed by atoms with Gasteiger partial charge in [0.1, 0.15) is 6.04 Å². The van der Waals surface area contributed by atoms with Crippen LogP contribution in [0.3, 0.4) is 0 Å². The number of hydrogen-bond donors (Lipinski definition) is 2. The van der Waals surface area contributed by atoms with Gasteiger partial charge in [-0.1, -0.05) is 27.2 Å². The minimum absolute atomic E-state index is 0.313. The Morgan fingerprint density at radius 3 is 2.29 bits per heavy atom. The molecule has 2 amide bonds. The van der Waals surface area contributed by atoms with E-state index in [1.54, 1.807) is 7.05 Å². The van der Waals surface area contributed by atoms with Gasteiger partial charge < -0.3 is 15.3 Å². The van der Waals surface area contributed by atoms with Crippen LogP contribution < -0.4 is 5.32 Å². The number of carbonyl (C=O) groups excluding carboxylic acids is 1. The van der Waals surface area contributed by atoms with E-state index in [4.69, 9.17) is 5.11 Å². The lowest BCUT2D eigenvalue weighted by atomic mass is 10.1. The molecule has 2 N–H and O–H groups in total. The number of hydrogen-bond acceptors (Lipinski definition) is 2. The second kappa shape index (κ2) is 7.92. The van der Waals surface area contributed by atoms with E-state index >= 15 is 0 Å². The van der Waals surface area contributed by atoms with Gasteiger partial charge in [0.2, 0.25) is 0 Å². The number of amides is 2. The zero-order valence-electron chi connectivity index (χ0n) is 11.2. The molecule has 1 atom stereocenters. The van der Waals surface area contributed by atoms with Crippen LogP contribution >= 0.6 is 0 Å². The molecule has 0 aliphatic heterocycles. The predicted molar refractivity (Wildman–Crippen MR) is 66.9 cm³/mol. The third-order valence-electron chi connectivity index (χ3n) is 2.56. The molecule has 0 aromatic rings. The second-order valence-corrected chi connectivity index (χ2v) is 4.73. The topological polar surface area (TPSA) is 69.6 Å². The first-order valence-electron chi connectivity index (χ1n) is 6.12. The molecule has 0 saturated heterocycles. The van der Waals surface area contributed by atoms with E-state index in [0.717, 1.165) is 12.8 Å². The Kier molecular flexibility index (Phi) is 7.34. The summed E-state index contributed by atoms with van der Waals surface area (Å²) in [6.07, 6.45) is 2.10. The van der Waals surface area contributed by atoms with Crippen LogP contribution in [0.1, 0.15) is 40.0 Å². The highest BCUT2D eigenvalue weighted by Gasteiger charge is 2.20. The van der Waals surface area contributed by atoms with E-state index in [1.165, 1.54) is 4.90 Å². The van der Waals surface area contributed by atoms with Gasteiger partial charge in [0.15, 0.2) is 0 Å². The normalized spacial score (nSPS) is 12.3. The second-order valence-electron chi connectivity index (χ2n) is 4.73. The Morgan fingerprint density at radius 1 is 1.29 bits per heavy atom. The van der Waals surface area contributed by atoms with E-state index in [9.17, 15) is 9.59 Å². The van der Waals surface area contributed by atoms with Gasteiger partial charge in [0.25, 0.3) is 0 Å². The number of aliphatic carboxylic acids is 1. The van der Waals surface area contributed by atoms with Crippen molar-refractivity contribution in [3.05, 3.63) is 0 Å². The maximum Gasteiger partial charge on any atom is 0.326 e. The lowest BCUT2D eigenvalue weighted by molar-refractivity contribution is -0.139. The zero-order chi connectivity index (χ0) is 13.4. The van der Waals surface area contributed by atoms with Gasteiger partial charge >= 0.3 is 12.0 Å². The predicted octanol–water partition coefficient (Wildman–Crippen LogP) is 1.93. The molecule has 0 spiro atoms. The van der Waals surface area contributed by atoms with Crippen molar-refractivity contribution in [2.45, 2.75) is 46.1 Å². The standard InChI is InChI=1S/C12H24N2O3/c1-5-6-10(11(15)16)13-12(17)14(4)8-7-9(2)3/h9-10H,5-8H2,1-4H3,(H,13,17)(H,15,16)/t10-/m0/s1. The fraction of sp³-hybridized carbons (Fsp3) is 0.833. The number of carboxylic acid groups (broad SMARTS) is 1. The molecular weight excluding hydrogens is 220 g/mol. The molecule has 0 unspecified atom stereocenters. The van der Waals surface area contributed by atoms with Crippen molar-refractivity contribution in [2.75, 3.05) is 13.6 Å². The van der Waals surface area contributed by atoms with Gasteiger partial charge in [-0.15, -0.1) is 0 Å². The fourth-order valence-electron chi connectivity index (χ4n) is 1.36. The van der Waals surface area contributed by atoms with Gasteiger partial charge in [-0.3, -0.25) is 0 Å². The van der Waals surface area contributed by atoms with Crippen molar-refractivity contribution in [1.29, 1.82) is 0 Å². The van der Waals surface area contributed by atoms with Crippen molar-refractivity contribution < 1.29 is 14.7 Å². The Bertz CT molecular complexity index is 254. The molecule has 5 heteroatoms. The number of nitrogens with zero attached hydrogens (tertiary/aromatic N) is 1. The van der Waals surface area contributed by atoms with Crippen LogP contribution in [0.2, 0.25) is 0 Å². The Morgan fingerprint density at radius 2 is 1.88 bits per heavy atom. The molecule has 5 nitrogen and oxygen atoms in total. The van der Waals surface area contributed by atoms with E-state index < -0.39 is 12.0 Å². The molecule has 0 radical (unpaired) electrons. The number of nitrogens with one attached hydrogen (secondary N) is 1. The summed E-state index contributed by atoms with van der Waals surface area (Å²) in [7, 11) is 1.68. The van der Waals surface area contributed by atoms with Crippen LogP contribution in [0.15, 0.2) is 0 Å². The number of rotatable bonds is 7. The maximum absolute atomic E-state index is 11.7. The van der Waals surface area contributed by atoms with Crippen molar-refractivity contribution in [3.8, 4) is 0 Å². The summed E-state index contributed by atoms with van der Waals surface area (Å²) in [5.74, 6) is -0.450. The molecule has 0 aromatic heterocycles. The van der Waals surface area contributed by atoms with Gasteiger partial charge in [-0.05, 0) is 18.8 Å². The third kappa shape index (κ3) is 6.81. The summed E-state index contributed by atoms with van der Waals surface area (Å²) in [5.41, 5.74) is 0. The van der Waals surface area contributed by atoms with Gasteiger partial charge in [0.05, 0.1) is 0 Å². The summed E-state index contributed by atoms with van der Waals surface area (Å²) in [5, 5.41) is 11.4.